The van der Waals surface area contributed by atoms with Crippen LogP contribution in [0.15, 0.2) is 53.5 Å². The fraction of sp³-hybridized carbons (Fsp3) is 0.379. The second-order valence-electron chi connectivity index (χ2n) is 11.6. The highest BCUT2D eigenvalue weighted by atomic mass is 32.1. The lowest BCUT2D eigenvalue weighted by molar-refractivity contribution is 0.00232. The van der Waals surface area contributed by atoms with E-state index >= 15 is 0 Å². The third-order valence-corrected chi connectivity index (χ3v) is 8.68. The van der Waals surface area contributed by atoms with E-state index in [1.54, 1.807) is 6.20 Å². The number of anilines is 1. The molecule has 10 heteroatoms. The highest BCUT2D eigenvalue weighted by Gasteiger charge is 2.45. The van der Waals surface area contributed by atoms with Crippen molar-refractivity contribution in [2.24, 2.45) is 0 Å². The van der Waals surface area contributed by atoms with Gasteiger partial charge in [0.15, 0.2) is 11.4 Å². The van der Waals surface area contributed by atoms with Crippen LogP contribution in [0.25, 0.3) is 43.5 Å². The molecule has 0 saturated carbocycles. The van der Waals surface area contributed by atoms with E-state index < -0.39 is 5.60 Å². The molecule has 0 aliphatic carbocycles. The van der Waals surface area contributed by atoms with Crippen molar-refractivity contribution >= 4 is 44.5 Å². The number of aromatic nitrogens is 4. The van der Waals surface area contributed by atoms with Crippen LogP contribution >= 0.6 is 11.5 Å². The van der Waals surface area contributed by atoms with Gasteiger partial charge in [-0.1, -0.05) is 12.1 Å². The second kappa shape index (κ2) is 8.81. The van der Waals surface area contributed by atoms with Crippen molar-refractivity contribution in [3.8, 4) is 22.5 Å². The van der Waals surface area contributed by atoms with Crippen LogP contribution in [0.4, 0.5) is 10.6 Å². The summed E-state index contributed by atoms with van der Waals surface area (Å²) in [7, 11) is 0. The van der Waals surface area contributed by atoms with Crippen LogP contribution in [0, 0.1) is 0 Å². The highest BCUT2D eigenvalue weighted by Crippen LogP contribution is 2.43. The van der Waals surface area contributed by atoms with E-state index in [1.807, 2.05) is 67.0 Å². The summed E-state index contributed by atoms with van der Waals surface area (Å²) in [6.45, 7) is 5.74. The number of benzene rings is 1. The minimum absolute atomic E-state index is 0.173. The van der Waals surface area contributed by atoms with E-state index in [4.69, 9.17) is 20.0 Å². The van der Waals surface area contributed by atoms with E-state index in [0.717, 1.165) is 63.6 Å². The van der Waals surface area contributed by atoms with Gasteiger partial charge in [0, 0.05) is 58.1 Å². The Hall–Kier alpha value is -3.92. The van der Waals surface area contributed by atoms with E-state index in [0.29, 0.717) is 11.4 Å². The minimum Gasteiger partial charge on any atom is -0.452 e. The maximum atomic E-state index is 12.9. The van der Waals surface area contributed by atoms with Crippen molar-refractivity contribution < 1.29 is 13.9 Å². The van der Waals surface area contributed by atoms with Crippen molar-refractivity contribution in [3.05, 3.63) is 49.1 Å². The summed E-state index contributed by atoms with van der Waals surface area (Å²) >= 11 is 1.45. The molecule has 7 rings (SSSR count). The maximum absolute atomic E-state index is 12.9. The molecule has 5 aromatic rings. The first-order valence-electron chi connectivity index (χ1n) is 13.3. The summed E-state index contributed by atoms with van der Waals surface area (Å²) in [5.74, 6) is 1.09. The molecule has 1 aromatic carbocycles. The van der Waals surface area contributed by atoms with Gasteiger partial charge < -0.3 is 19.8 Å². The molecule has 3 atom stereocenters. The fourth-order valence-corrected chi connectivity index (χ4v) is 6.91. The average molecular weight is 543 g/mol. The molecule has 2 bridgehead atoms. The number of fused-ring (bicyclic) bond motifs is 4. The van der Waals surface area contributed by atoms with Crippen LogP contribution < -0.4 is 5.73 Å². The first kappa shape index (κ1) is 24.1. The monoisotopic (exact) mass is 542 g/mol. The largest absolute Gasteiger partial charge is 0.452 e. The Morgan fingerprint density at radius 1 is 1.10 bits per heavy atom. The molecule has 2 fully saturated rings. The van der Waals surface area contributed by atoms with Gasteiger partial charge in [-0.15, -0.1) is 0 Å². The Morgan fingerprint density at radius 3 is 2.67 bits per heavy atom. The van der Waals surface area contributed by atoms with Crippen LogP contribution in [-0.2, 0) is 4.74 Å². The SMILES string of the molecule is CC(C)(C)OC(=O)N1[C@@H]2CC[C@H]1C[C@H](n1cc(-c3cnc(N)c4oc(-c5cccc6cnsc56)cc34)cn1)C2. The van der Waals surface area contributed by atoms with Crippen LogP contribution in [0.5, 0.6) is 0 Å². The van der Waals surface area contributed by atoms with Crippen molar-refractivity contribution in [3.63, 3.8) is 0 Å². The first-order chi connectivity index (χ1) is 18.7. The number of carbonyl (C=O) groups excluding carboxylic acids is 1. The third-order valence-electron chi connectivity index (χ3n) is 7.83. The molecule has 0 spiro atoms. The molecule has 39 heavy (non-hydrogen) atoms. The maximum Gasteiger partial charge on any atom is 0.410 e. The number of nitrogen functional groups attached to an aromatic ring is 1. The molecule has 0 radical (unpaired) electrons. The summed E-state index contributed by atoms with van der Waals surface area (Å²) in [5.41, 5.74) is 9.18. The molecule has 1 amide bonds. The van der Waals surface area contributed by atoms with Crippen LogP contribution in [0.2, 0.25) is 0 Å². The van der Waals surface area contributed by atoms with Crippen molar-refractivity contribution in [2.45, 2.75) is 70.2 Å². The smallest absolute Gasteiger partial charge is 0.410 e. The summed E-state index contributed by atoms with van der Waals surface area (Å²) in [6, 6.07) is 8.69. The summed E-state index contributed by atoms with van der Waals surface area (Å²) < 4.78 is 19.4. The number of carbonyl (C=O) groups is 1. The number of amides is 1. The lowest BCUT2D eigenvalue weighted by atomic mass is 9.98. The van der Waals surface area contributed by atoms with E-state index in [9.17, 15) is 4.79 Å². The molecular formula is C29H30N6O3S. The van der Waals surface area contributed by atoms with Gasteiger partial charge in [-0.3, -0.25) is 4.68 Å². The van der Waals surface area contributed by atoms with E-state index in [-0.39, 0.29) is 24.2 Å². The molecule has 0 unspecified atom stereocenters. The number of piperidine rings is 1. The molecule has 200 valence electrons. The zero-order chi connectivity index (χ0) is 26.9. The standard InChI is InChI=1S/C29H30N6O3S/c1-29(2,3)38-28(36)35-18-7-8-19(35)10-20(9-18)34-15-17(12-32-34)23-14-31-27(30)25-22(23)11-24(37-25)21-6-4-5-16-13-33-39-26(16)21/h4-6,11-15,18-20H,7-10H2,1-3H3,(H2,30,31)/t18-,19+,20-. The molecule has 9 nitrogen and oxygen atoms in total. The number of hydrogen-bond acceptors (Lipinski definition) is 8. The van der Waals surface area contributed by atoms with Gasteiger partial charge in [-0.25, -0.2) is 9.78 Å². The first-order valence-corrected chi connectivity index (χ1v) is 14.1. The number of hydrogen-bond donors (Lipinski definition) is 1. The Bertz CT molecular complexity index is 1700. The normalized spacial score (nSPS) is 21.2. The molecule has 2 aliphatic rings. The lowest BCUT2D eigenvalue weighted by Gasteiger charge is -2.39. The summed E-state index contributed by atoms with van der Waals surface area (Å²) in [5, 5.41) is 6.74. The highest BCUT2D eigenvalue weighted by molar-refractivity contribution is 7.13. The predicted molar refractivity (Wildman–Crippen MR) is 151 cm³/mol. The zero-order valence-corrected chi connectivity index (χ0v) is 22.9. The van der Waals surface area contributed by atoms with Crippen molar-refractivity contribution in [1.82, 2.24) is 24.0 Å². The molecule has 2 N–H and O–H groups in total. The van der Waals surface area contributed by atoms with Crippen LogP contribution in [0.3, 0.4) is 0 Å². The van der Waals surface area contributed by atoms with Crippen molar-refractivity contribution in [2.75, 3.05) is 5.73 Å². The molecule has 4 aromatic heterocycles. The van der Waals surface area contributed by atoms with Gasteiger partial charge >= 0.3 is 6.09 Å². The molecule has 2 saturated heterocycles. The zero-order valence-electron chi connectivity index (χ0n) is 22.1. The minimum atomic E-state index is -0.497. The fourth-order valence-electron chi connectivity index (χ4n) is 6.15. The quantitative estimate of drug-likeness (QED) is 0.271. The molecule has 6 heterocycles. The Balaban J connectivity index is 1.18. The Labute approximate surface area is 229 Å². The second-order valence-corrected chi connectivity index (χ2v) is 12.4. The van der Waals surface area contributed by atoms with Gasteiger partial charge in [0.25, 0.3) is 0 Å². The Morgan fingerprint density at radius 2 is 1.90 bits per heavy atom. The van der Waals surface area contributed by atoms with Crippen LogP contribution in [-0.4, -0.2) is 47.8 Å². The van der Waals surface area contributed by atoms with Gasteiger partial charge in [0.05, 0.1) is 16.9 Å². The topological polar surface area (TPSA) is 112 Å². The number of pyridine rings is 1. The van der Waals surface area contributed by atoms with E-state index in [2.05, 4.69) is 15.6 Å². The lowest BCUT2D eigenvalue weighted by Crippen LogP contribution is -2.48. The number of nitrogens with two attached hydrogens (primary N) is 1. The third kappa shape index (κ3) is 4.14. The number of nitrogens with zero attached hydrogens (tertiary/aromatic N) is 5. The van der Waals surface area contributed by atoms with Gasteiger partial charge in [0.1, 0.15) is 11.4 Å². The molecule has 2 aliphatic heterocycles. The van der Waals surface area contributed by atoms with Gasteiger partial charge in [-0.2, -0.15) is 9.47 Å². The van der Waals surface area contributed by atoms with E-state index in [1.165, 1.54) is 11.5 Å². The summed E-state index contributed by atoms with van der Waals surface area (Å²) in [6.07, 6.45) is 11.1. The summed E-state index contributed by atoms with van der Waals surface area (Å²) in [4.78, 5) is 19.3. The average Bonchev–Trinajstić information content (AvgIpc) is 3.68. The predicted octanol–water partition coefficient (Wildman–Crippen LogP) is 6.65. The number of ether oxygens (including phenoxy) is 1. The number of rotatable bonds is 3. The number of furan rings is 1. The van der Waals surface area contributed by atoms with Gasteiger partial charge in [-0.05, 0) is 70.1 Å². The van der Waals surface area contributed by atoms with Crippen molar-refractivity contribution in [1.29, 1.82) is 0 Å². The molecular weight excluding hydrogens is 512 g/mol. The Kier molecular flexibility index (Phi) is 5.45. The van der Waals surface area contributed by atoms with Crippen LogP contribution in [0.1, 0.15) is 52.5 Å². The van der Waals surface area contributed by atoms with Gasteiger partial charge in [0.2, 0.25) is 0 Å².